The highest BCUT2D eigenvalue weighted by molar-refractivity contribution is 5.90. The van der Waals surface area contributed by atoms with E-state index in [0.29, 0.717) is 13.0 Å². The van der Waals surface area contributed by atoms with Gasteiger partial charge in [0.1, 0.15) is 6.61 Å². The van der Waals surface area contributed by atoms with Crippen LogP contribution in [0.5, 0.6) is 0 Å². The lowest BCUT2D eigenvalue weighted by Gasteiger charge is -2.07. The fourth-order valence-electron chi connectivity index (χ4n) is 1.89. The molecule has 0 spiro atoms. The Morgan fingerprint density at radius 3 is 3.00 bits per heavy atom. The highest BCUT2D eigenvalue weighted by Gasteiger charge is 2.04. The van der Waals surface area contributed by atoms with Crippen LogP contribution in [0.1, 0.15) is 17.5 Å². The van der Waals surface area contributed by atoms with Gasteiger partial charge in [-0.15, -0.1) is 0 Å². The molecule has 0 aliphatic heterocycles. The van der Waals surface area contributed by atoms with Gasteiger partial charge in [0.15, 0.2) is 0 Å². The van der Waals surface area contributed by atoms with E-state index in [0.717, 1.165) is 16.8 Å². The monoisotopic (exact) mass is 283 g/mol. The highest BCUT2D eigenvalue weighted by atomic mass is 16.2. The number of aliphatic hydroxyl groups excluding tert-OH is 1. The molecule has 1 heterocycles. The molecular weight excluding hydrogens is 266 g/mol. The van der Waals surface area contributed by atoms with Gasteiger partial charge in [0.2, 0.25) is 5.91 Å². The molecule has 0 aliphatic carbocycles. The largest absolute Gasteiger partial charge is 0.384 e. The number of amides is 1. The van der Waals surface area contributed by atoms with E-state index in [1.54, 1.807) is 16.9 Å². The van der Waals surface area contributed by atoms with Gasteiger partial charge in [-0.2, -0.15) is 5.10 Å². The van der Waals surface area contributed by atoms with Crippen molar-refractivity contribution >= 4 is 11.6 Å². The maximum Gasteiger partial charge on any atom is 0.226 e. The van der Waals surface area contributed by atoms with Crippen molar-refractivity contribution in [1.82, 2.24) is 9.78 Å². The summed E-state index contributed by atoms with van der Waals surface area (Å²) in [5.41, 5.74) is 2.55. The molecule has 5 nitrogen and oxygen atoms in total. The SMILES string of the molecule is Cc1cc(NC(=O)CCn2cccn2)ccc1C#CCO. The molecule has 0 saturated carbocycles. The van der Waals surface area contributed by atoms with Crippen molar-refractivity contribution in [1.29, 1.82) is 0 Å². The summed E-state index contributed by atoms with van der Waals surface area (Å²) in [6.07, 6.45) is 3.88. The molecule has 0 unspecified atom stereocenters. The van der Waals surface area contributed by atoms with Crippen molar-refractivity contribution in [3.05, 3.63) is 47.8 Å². The lowest BCUT2D eigenvalue weighted by molar-refractivity contribution is -0.116. The molecular formula is C16H17N3O2. The van der Waals surface area contributed by atoms with Crippen molar-refractivity contribution in [2.75, 3.05) is 11.9 Å². The predicted molar refractivity (Wildman–Crippen MR) is 80.6 cm³/mol. The molecule has 2 rings (SSSR count). The number of carbonyl (C=O) groups is 1. The van der Waals surface area contributed by atoms with Crippen LogP contribution < -0.4 is 5.32 Å². The van der Waals surface area contributed by atoms with Crippen LogP contribution in [0.4, 0.5) is 5.69 Å². The topological polar surface area (TPSA) is 67.2 Å². The minimum Gasteiger partial charge on any atom is -0.384 e. The number of rotatable bonds is 4. The summed E-state index contributed by atoms with van der Waals surface area (Å²) >= 11 is 0. The fourth-order valence-corrected chi connectivity index (χ4v) is 1.89. The number of hydrogen-bond acceptors (Lipinski definition) is 3. The van der Waals surface area contributed by atoms with Gasteiger partial charge in [0, 0.05) is 36.6 Å². The Kier molecular flexibility index (Phi) is 5.13. The Morgan fingerprint density at radius 1 is 1.48 bits per heavy atom. The zero-order valence-electron chi connectivity index (χ0n) is 11.8. The molecule has 21 heavy (non-hydrogen) atoms. The first-order chi connectivity index (χ1) is 10.2. The zero-order chi connectivity index (χ0) is 15.1. The maximum atomic E-state index is 11.9. The van der Waals surface area contributed by atoms with E-state index in [9.17, 15) is 4.79 Å². The van der Waals surface area contributed by atoms with Crippen LogP contribution >= 0.6 is 0 Å². The van der Waals surface area contributed by atoms with Crippen molar-refractivity contribution in [3.63, 3.8) is 0 Å². The summed E-state index contributed by atoms with van der Waals surface area (Å²) < 4.78 is 1.72. The first kappa shape index (κ1) is 14.8. The first-order valence-corrected chi connectivity index (χ1v) is 6.66. The van der Waals surface area contributed by atoms with Gasteiger partial charge in [-0.3, -0.25) is 9.48 Å². The number of anilines is 1. The van der Waals surface area contributed by atoms with Crippen LogP contribution in [0, 0.1) is 18.8 Å². The van der Waals surface area contributed by atoms with Crippen molar-refractivity contribution < 1.29 is 9.90 Å². The van der Waals surface area contributed by atoms with Gasteiger partial charge in [0.05, 0.1) is 0 Å². The summed E-state index contributed by atoms with van der Waals surface area (Å²) in [5.74, 6) is 5.42. The Labute approximate surface area is 123 Å². The number of nitrogens with one attached hydrogen (secondary N) is 1. The standard InChI is InChI=1S/C16H17N3O2/c1-13-12-15(6-5-14(13)4-2-11-20)18-16(21)7-10-19-9-3-8-17-19/h3,5-6,8-9,12,20H,7,10-11H2,1H3,(H,18,21). The second-order valence-corrected chi connectivity index (χ2v) is 4.56. The number of aliphatic hydroxyl groups is 1. The summed E-state index contributed by atoms with van der Waals surface area (Å²) in [5, 5.41) is 15.6. The highest BCUT2D eigenvalue weighted by Crippen LogP contribution is 2.14. The molecule has 0 aliphatic rings. The van der Waals surface area contributed by atoms with E-state index in [2.05, 4.69) is 22.3 Å². The molecule has 1 aromatic carbocycles. The maximum absolute atomic E-state index is 11.9. The molecule has 5 heteroatoms. The van der Waals surface area contributed by atoms with Crippen LogP contribution in [0.3, 0.4) is 0 Å². The summed E-state index contributed by atoms with van der Waals surface area (Å²) in [6.45, 7) is 2.31. The minimum atomic E-state index is -0.161. The molecule has 0 bridgehead atoms. The van der Waals surface area contributed by atoms with Crippen LogP contribution in [0.15, 0.2) is 36.7 Å². The average molecular weight is 283 g/mol. The van der Waals surface area contributed by atoms with Crippen molar-refractivity contribution in [2.45, 2.75) is 19.9 Å². The Bertz CT molecular complexity index is 667. The van der Waals surface area contributed by atoms with E-state index in [-0.39, 0.29) is 12.5 Å². The molecule has 1 amide bonds. The van der Waals surface area contributed by atoms with Gasteiger partial charge in [-0.1, -0.05) is 11.8 Å². The van der Waals surface area contributed by atoms with Crippen molar-refractivity contribution in [2.24, 2.45) is 0 Å². The summed E-state index contributed by atoms with van der Waals surface area (Å²) in [4.78, 5) is 11.9. The van der Waals surface area contributed by atoms with Gasteiger partial charge >= 0.3 is 0 Å². The molecule has 0 saturated heterocycles. The zero-order valence-corrected chi connectivity index (χ0v) is 11.8. The Balaban J connectivity index is 1.93. The van der Waals surface area contributed by atoms with Crippen LogP contribution in [0.2, 0.25) is 0 Å². The van der Waals surface area contributed by atoms with Gasteiger partial charge < -0.3 is 10.4 Å². The number of hydrogen-bond donors (Lipinski definition) is 2. The number of benzene rings is 1. The number of carbonyl (C=O) groups excluding carboxylic acids is 1. The third-order valence-electron chi connectivity index (χ3n) is 2.94. The summed E-state index contributed by atoms with van der Waals surface area (Å²) in [6, 6.07) is 7.34. The van der Waals surface area contributed by atoms with Crippen molar-refractivity contribution in [3.8, 4) is 11.8 Å². The fraction of sp³-hybridized carbons (Fsp3) is 0.250. The van der Waals surface area contributed by atoms with E-state index >= 15 is 0 Å². The average Bonchev–Trinajstić information content (AvgIpc) is 2.98. The number of nitrogens with zero attached hydrogens (tertiary/aromatic N) is 2. The molecule has 0 atom stereocenters. The molecule has 108 valence electrons. The quantitative estimate of drug-likeness (QED) is 0.837. The smallest absolute Gasteiger partial charge is 0.226 e. The van der Waals surface area contributed by atoms with Gasteiger partial charge in [-0.25, -0.2) is 0 Å². The Morgan fingerprint density at radius 2 is 2.33 bits per heavy atom. The third kappa shape index (κ3) is 4.48. The van der Waals surface area contributed by atoms with E-state index in [1.807, 2.05) is 31.3 Å². The van der Waals surface area contributed by atoms with E-state index in [1.165, 1.54) is 0 Å². The van der Waals surface area contributed by atoms with Gasteiger partial charge in [-0.05, 0) is 36.8 Å². The third-order valence-corrected chi connectivity index (χ3v) is 2.94. The second-order valence-electron chi connectivity index (χ2n) is 4.56. The van der Waals surface area contributed by atoms with Gasteiger partial charge in [0.25, 0.3) is 0 Å². The Hall–Kier alpha value is -2.58. The first-order valence-electron chi connectivity index (χ1n) is 6.66. The van der Waals surface area contributed by atoms with E-state index in [4.69, 9.17) is 5.11 Å². The molecule has 2 N–H and O–H groups in total. The lowest BCUT2D eigenvalue weighted by atomic mass is 10.1. The molecule has 0 radical (unpaired) electrons. The number of aryl methyl sites for hydroxylation is 2. The van der Waals surface area contributed by atoms with Crippen LogP contribution in [0.25, 0.3) is 0 Å². The predicted octanol–water partition coefficient (Wildman–Crippen LogP) is 1.56. The summed E-state index contributed by atoms with van der Waals surface area (Å²) in [7, 11) is 0. The minimum absolute atomic E-state index is 0.0564. The molecule has 2 aromatic rings. The lowest BCUT2D eigenvalue weighted by Crippen LogP contribution is -2.14. The number of aromatic nitrogens is 2. The van der Waals surface area contributed by atoms with E-state index < -0.39 is 0 Å². The van der Waals surface area contributed by atoms with Crippen LogP contribution in [-0.2, 0) is 11.3 Å². The molecule has 0 fully saturated rings. The normalized spacial score (nSPS) is 9.81. The second kappa shape index (κ2) is 7.27. The molecule has 1 aromatic heterocycles. The van der Waals surface area contributed by atoms with Crippen LogP contribution in [-0.4, -0.2) is 27.4 Å².